The fourth-order valence-corrected chi connectivity index (χ4v) is 4.32. The molecule has 5 heteroatoms. The summed E-state index contributed by atoms with van der Waals surface area (Å²) < 4.78 is 7.66. The first-order chi connectivity index (χ1) is 14.0. The predicted octanol–water partition coefficient (Wildman–Crippen LogP) is 3.34. The van der Waals surface area contributed by atoms with Crippen LogP contribution in [0.5, 0.6) is 5.75 Å². The zero-order valence-electron chi connectivity index (χ0n) is 16.5. The highest BCUT2D eigenvalue weighted by atomic mass is 28.3. The van der Waals surface area contributed by atoms with E-state index in [0.717, 1.165) is 27.3 Å². The van der Waals surface area contributed by atoms with E-state index in [2.05, 4.69) is 0 Å². The smallest absolute Gasteiger partial charge is 0.258 e. The largest absolute Gasteiger partial charge is 0.489 e. The van der Waals surface area contributed by atoms with Crippen LogP contribution in [0.4, 0.5) is 0 Å². The number of fused-ring (bicyclic) bond motifs is 1. The molecule has 146 valence electrons. The number of aromatic nitrogens is 1. The Hall–Kier alpha value is -3.15. The van der Waals surface area contributed by atoms with Crippen molar-refractivity contribution in [1.82, 2.24) is 4.57 Å². The predicted molar refractivity (Wildman–Crippen MR) is 120 cm³/mol. The fourth-order valence-electron chi connectivity index (χ4n) is 3.49. The SMILES string of the molecule is Cn1cc(-c2cc(OCc3ccccc3)cc([Si@@H](C)O)c2)c2ccccc2c1=O. The van der Waals surface area contributed by atoms with Crippen molar-refractivity contribution in [2.45, 2.75) is 13.2 Å². The number of pyridine rings is 1. The molecule has 4 nitrogen and oxygen atoms in total. The van der Waals surface area contributed by atoms with Crippen molar-refractivity contribution < 1.29 is 9.53 Å². The molecule has 0 aliphatic heterocycles. The van der Waals surface area contributed by atoms with Crippen LogP contribution in [-0.4, -0.2) is 18.4 Å². The van der Waals surface area contributed by atoms with Crippen LogP contribution in [0.3, 0.4) is 0 Å². The summed E-state index contributed by atoms with van der Waals surface area (Å²) in [6.07, 6.45) is 1.86. The monoisotopic (exact) mass is 401 g/mol. The Labute approximate surface area is 171 Å². The lowest BCUT2D eigenvalue weighted by molar-refractivity contribution is 0.306. The van der Waals surface area contributed by atoms with Crippen LogP contribution in [0.25, 0.3) is 21.9 Å². The van der Waals surface area contributed by atoms with Crippen LogP contribution in [0.15, 0.2) is 83.8 Å². The molecule has 0 bridgehead atoms. The Kier molecular flexibility index (Phi) is 5.34. The van der Waals surface area contributed by atoms with Gasteiger partial charge in [0.1, 0.15) is 12.4 Å². The Morgan fingerprint density at radius 3 is 2.38 bits per heavy atom. The normalized spacial score (nSPS) is 12.1. The highest BCUT2D eigenvalue weighted by Gasteiger charge is 2.13. The molecule has 4 aromatic rings. The zero-order chi connectivity index (χ0) is 20.4. The summed E-state index contributed by atoms with van der Waals surface area (Å²) >= 11 is 0. The van der Waals surface area contributed by atoms with Gasteiger partial charge >= 0.3 is 0 Å². The van der Waals surface area contributed by atoms with Crippen LogP contribution in [-0.2, 0) is 13.7 Å². The molecule has 0 aliphatic carbocycles. The van der Waals surface area contributed by atoms with Gasteiger partial charge in [-0.05, 0) is 46.4 Å². The Morgan fingerprint density at radius 2 is 1.66 bits per heavy atom. The van der Waals surface area contributed by atoms with Gasteiger partial charge in [-0.2, -0.15) is 0 Å². The van der Waals surface area contributed by atoms with Gasteiger partial charge < -0.3 is 14.1 Å². The number of aryl methyl sites for hydroxylation is 1. The highest BCUT2D eigenvalue weighted by Crippen LogP contribution is 2.29. The molecular formula is C24H23NO3Si. The maximum absolute atomic E-state index is 12.5. The van der Waals surface area contributed by atoms with E-state index in [0.29, 0.717) is 17.7 Å². The summed E-state index contributed by atoms with van der Waals surface area (Å²) in [5.41, 5.74) is 2.95. The first kappa shape index (κ1) is 19.2. The third-order valence-corrected chi connectivity index (χ3v) is 6.36. The van der Waals surface area contributed by atoms with Crippen molar-refractivity contribution in [3.05, 3.63) is 94.9 Å². The second kappa shape index (κ2) is 8.07. The molecule has 1 N–H and O–H groups in total. The standard InChI is InChI=1S/C24H23NO3Si/c1-25-15-23(21-10-6-7-11-22(21)24(25)26)18-12-19(14-20(13-18)29(2)27)28-16-17-8-4-3-5-9-17/h3-15,27,29H,16H2,1-2H3/t29-/m1/s1. The van der Waals surface area contributed by atoms with E-state index in [1.807, 2.05) is 85.5 Å². The number of benzene rings is 3. The third-order valence-electron chi connectivity index (χ3n) is 5.06. The summed E-state index contributed by atoms with van der Waals surface area (Å²) in [7, 11) is -0.278. The minimum Gasteiger partial charge on any atom is -0.489 e. The topological polar surface area (TPSA) is 51.5 Å². The second-order valence-corrected chi connectivity index (χ2v) is 9.26. The lowest BCUT2D eigenvalue weighted by Gasteiger charge is -2.15. The van der Waals surface area contributed by atoms with Crippen molar-refractivity contribution in [3.8, 4) is 16.9 Å². The van der Waals surface area contributed by atoms with Gasteiger partial charge in [0, 0.05) is 24.2 Å². The van der Waals surface area contributed by atoms with Crippen LogP contribution in [0, 0.1) is 0 Å². The molecule has 1 atom stereocenters. The minimum atomic E-state index is -2.04. The van der Waals surface area contributed by atoms with Crippen LogP contribution in [0.2, 0.25) is 6.55 Å². The highest BCUT2D eigenvalue weighted by molar-refractivity contribution is 6.65. The average Bonchev–Trinajstić information content (AvgIpc) is 2.75. The molecule has 0 spiro atoms. The van der Waals surface area contributed by atoms with E-state index in [4.69, 9.17) is 4.74 Å². The summed E-state index contributed by atoms with van der Waals surface area (Å²) in [5.74, 6) is 0.715. The van der Waals surface area contributed by atoms with Gasteiger partial charge in [-0.1, -0.05) is 54.6 Å². The number of nitrogens with zero attached hydrogens (tertiary/aromatic N) is 1. The fraction of sp³-hybridized carbons (Fsp3) is 0.125. The molecule has 0 aliphatic rings. The zero-order valence-corrected chi connectivity index (χ0v) is 17.7. The van der Waals surface area contributed by atoms with Gasteiger partial charge in [0.2, 0.25) is 9.04 Å². The van der Waals surface area contributed by atoms with E-state index in [1.54, 1.807) is 11.6 Å². The van der Waals surface area contributed by atoms with Crippen molar-refractivity contribution >= 4 is 25.0 Å². The van der Waals surface area contributed by atoms with E-state index in [9.17, 15) is 9.59 Å². The Balaban J connectivity index is 1.82. The van der Waals surface area contributed by atoms with Crippen molar-refractivity contribution in [3.63, 3.8) is 0 Å². The minimum absolute atomic E-state index is 0.0223. The maximum atomic E-state index is 12.5. The molecule has 1 aromatic heterocycles. The van der Waals surface area contributed by atoms with E-state index in [-0.39, 0.29) is 5.56 Å². The van der Waals surface area contributed by atoms with E-state index < -0.39 is 9.04 Å². The Morgan fingerprint density at radius 1 is 0.966 bits per heavy atom. The molecule has 4 rings (SSSR count). The lowest BCUT2D eigenvalue weighted by Crippen LogP contribution is -2.26. The van der Waals surface area contributed by atoms with Gasteiger partial charge in [0.25, 0.3) is 5.56 Å². The summed E-state index contributed by atoms with van der Waals surface area (Å²) in [4.78, 5) is 22.9. The first-order valence-electron chi connectivity index (χ1n) is 9.61. The van der Waals surface area contributed by atoms with Crippen LogP contribution >= 0.6 is 0 Å². The molecule has 0 fully saturated rings. The van der Waals surface area contributed by atoms with Crippen LogP contribution < -0.4 is 15.5 Å². The Bertz CT molecular complexity index is 1220. The van der Waals surface area contributed by atoms with Crippen molar-refractivity contribution in [1.29, 1.82) is 0 Å². The second-order valence-electron chi connectivity index (χ2n) is 7.25. The molecule has 29 heavy (non-hydrogen) atoms. The first-order valence-corrected chi connectivity index (χ1v) is 11.9. The molecule has 0 unspecified atom stereocenters. The van der Waals surface area contributed by atoms with Crippen LogP contribution in [0.1, 0.15) is 5.56 Å². The number of hydrogen-bond donors (Lipinski definition) is 1. The summed E-state index contributed by atoms with van der Waals surface area (Å²) in [6, 6.07) is 23.5. The molecule has 1 heterocycles. The van der Waals surface area contributed by atoms with Crippen molar-refractivity contribution in [2.24, 2.45) is 7.05 Å². The quantitative estimate of drug-likeness (QED) is 0.522. The lowest BCUT2D eigenvalue weighted by atomic mass is 10.0. The molecular weight excluding hydrogens is 378 g/mol. The molecule has 0 amide bonds. The van der Waals surface area contributed by atoms with Crippen molar-refractivity contribution in [2.75, 3.05) is 0 Å². The third kappa shape index (κ3) is 4.01. The van der Waals surface area contributed by atoms with Gasteiger partial charge in [-0.3, -0.25) is 4.79 Å². The van der Waals surface area contributed by atoms with Gasteiger partial charge in [-0.15, -0.1) is 0 Å². The van der Waals surface area contributed by atoms with Gasteiger partial charge in [0.05, 0.1) is 0 Å². The van der Waals surface area contributed by atoms with E-state index >= 15 is 0 Å². The molecule has 0 saturated heterocycles. The number of hydrogen-bond acceptors (Lipinski definition) is 3. The number of rotatable bonds is 5. The molecule has 0 saturated carbocycles. The van der Waals surface area contributed by atoms with Gasteiger partial charge in [0.15, 0.2) is 0 Å². The van der Waals surface area contributed by atoms with Gasteiger partial charge in [-0.25, -0.2) is 0 Å². The summed E-state index contributed by atoms with van der Waals surface area (Å²) in [5, 5.41) is 2.48. The molecule has 0 radical (unpaired) electrons. The van der Waals surface area contributed by atoms with E-state index in [1.165, 1.54) is 0 Å². The summed E-state index contributed by atoms with van der Waals surface area (Å²) in [6.45, 7) is 2.33. The molecule has 3 aromatic carbocycles. The average molecular weight is 402 g/mol. The maximum Gasteiger partial charge on any atom is 0.258 e. The number of ether oxygens (including phenoxy) is 1.